The summed E-state index contributed by atoms with van der Waals surface area (Å²) in [6.45, 7) is 6.24. The fourth-order valence-corrected chi connectivity index (χ4v) is 3.26. The summed E-state index contributed by atoms with van der Waals surface area (Å²) in [5, 5.41) is 3.28. The summed E-state index contributed by atoms with van der Waals surface area (Å²) in [6, 6.07) is 1.75. The van der Waals surface area contributed by atoms with E-state index in [-0.39, 0.29) is 0 Å². The Labute approximate surface area is 116 Å². The average Bonchev–Trinajstić information content (AvgIpc) is 2.72. The normalized spacial score (nSPS) is 12.3. The highest BCUT2D eigenvalue weighted by Crippen LogP contribution is 2.17. The molecule has 0 aliphatic carbocycles. The van der Waals surface area contributed by atoms with Crippen LogP contribution in [0.1, 0.15) is 32.4 Å². The molecule has 1 rings (SSSR count). The first-order valence-corrected chi connectivity index (χ1v) is 8.19. The van der Waals surface area contributed by atoms with Crippen molar-refractivity contribution in [1.82, 2.24) is 14.2 Å². The van der Waals surface area contributed by atoms with Crippen molar-refractivity contribution in [2.75, 3.05) is 20.1 Å². The molecule has 0 atom stereocenters. The number of sulfonamides is 1. The van der Waals surface area contributed by atoms with E-state index in [9.17, 15) is 8.42 Å². The molecular formula is C13H25N3O2S. The van der Waals surface area contributed by atoms with Gasteiger partial charge in [-0.15, -0.1) is 0 Å². The molecule has 6 heteroatoms. The Bertz CT molecular complexity index is 494. The first-order valence-electron chi connectivity index (χ1n) is 6.75. The molecule has 1 heterocycles. The molecular weight excluding hydrogens is 262 g/mol. The summed E-state index contributed by atoms with van der Waals surface area (Å²) >= 11 is 0. The van der Waals surface area contributed by atoms with Gasteiger partial charge in [-0.1, -0.05) is 13.8 Å². The second-order valence-corrected chi connectivity index (χ2v) is 6.83. The van der Waals surface area contributed by atoms with Gasteiger partial charge >= 0.3 is 0 Å². The van der Waals surface area contributed by atoms with E-state index in [0.717, 1.165) is 25.1 Å². The zero-order valence-electron chi connectivity index (χ0n) is 12.3. The van der Waals surface area contributed by atoms with Crippen LogP contribution in [0.3, 0.4) is 0 Å². The van der Waals surface area contributed by atoms with E-state index in [1.807, 2.05) is 18.5 Å². The van der Waals surface area contributed by atoms with Gasteiger partial charge in [-0.05, 0) is 25.5 Å². The Kier molecular flexibility index (Phi) is 6.03. The monoisotopic (exact) mass is 287 g/mol. The second kappa shape index (κ2) is 7.07. The molecule has 19 heavy (non-hydrogen) atoms. The molecule has 0 fully saturated rings. The molecule has 1 N–H and O–H groups in total. The molecule has 110 valence electrons. The molecule has 0 aliphatic heterocycles. The largest absolute Gasteiger partial charge is 0.352 e. The fraction of sp³-hybridized carbons (Fsp3) is 0.692. The number of hydrogen-bond donors (Lipinski definition) is 1. The van der Waals surface area contributed by atoms with Crippen LogP contribution < -0.4 is 5.32 Å². The number of nitrogens with zero attached hydrogens (tertiary/aromatic N) is 2. The summed E-state index contributed by atoms with van der Waals surface area (Å²) in [5.41, 5.74) is 0.983. The average molecular weight is 287 g/mol. The third-order valence-corrected chi connectivity index (χ3v) is 4.88. The highest BCUT2D eigenvalue weighted by atomic mass is 32.2. The van der Waals surface area contributed by atoms with Gasteiger partial charge in [0.15, 0.2) is 0 Å². The van der Waals surface area contributed by atoms with Crippen LogP contribution in [0.25, 0.3) is 0 Å². The summed E-state index contributed by atoms with van der Waals surface area (Å²) in [5.74, 6) is 0. The Morgan fingerprint density at radius 3 is 2.58 bits per heavy atom. The lowest BCUT2D eigenvalue weighted by atomic mass is 10.4. The summed E-state index contributed by atoms with van der Waals surface area (Å²) in [6.07, 6.45) is 3.56. The van der Waals surface area contributed by atoms with E-state index in [1.54, 1.807) is 19.3 Å². The lowest BCUT2D eigenvalue weighted by molar-refractivity contribution is 0.468. The second-order valence-electron chi connectivity index (χ2n) is 4.78. The molecule has 0 unspecified atom stereocenters. The van der Waals surface area contributed by atoms with Gasteiger partial charge in [0.25, 0.3) is 0 Å². The minimum atomic E-state index is -3.35. The van der Waals surface area contributed by atoms with Crippen molar-refractivity contribution in [3.63, 3.8) is 0 Å². The van der Waals surface area contributed by atoms with Crippen molar-refractivity contribution < 1.29 is 8.42 Å². The number of nitrogens with one attached hydrogen (secondary N) is 1. The lowest BCUT2D eigenvalue weighted by Crippen LogP contribution is -2.27. The van der Waals surface area contributed by atoms with Crippen LogP contribution in [0, 0.1) is 0 Å². The van der Waals surface area contributed by atoms with Gasteiger partial charge in [0.1, 0.15) is 4.90 Å². The van der Waals surface area contributed by atoms with Crippen LogP contribution in [0.15, 0.2) is 17.2 Å². The number of rotatable bonds is 8. The summed E-state index contributed by atoms with van der Waals surface area (Å²) in [4.78, 5) is 0.374. The molecule has 0 saturated carbocycles. The van der Waals surface area contributed by atoms with Crippen LogP contribution in [0.5, 0.6) is 0 Å². The van der Waals surface area contributed by atoms with E-state index in [2.05, 4.69) is 12.2 Å². The molecule has 0 amide bonds. The molecule has 5 nitrogen and oxygen atoms in total. The molecule has 0 aliphatic rings. The highest BCUT2D eigenvalue weighted by Gasteiger charge is 2.22. The number of aromatic nitrogens is 1. The van der Waals surface area contributed by atoms with Crippen molar-refractivity contribution in [3.8, 4) is 0 Å². The van der Waals surface area contributed by atoms with Crippen molar-refractivity contribution >= 4 is 10.0 Å². The minimum Gasteiger partial charge on any atom is -0.352 e. The van der Waals surface area contributed by atoms with E-state index >= 15 is 0 Å². The maximum absolute atomic E-state index is 12.3. The minimum absolute atomic E-state index is 0.374. The maximum atomic E-state index is 12.3. The van der Waals surface area contributed by atoms with E-state index in [1.165, 1.54) is 4.31 Å². The van der Waals surface area contributed by atoms with E-state index < -0.39 is 10.0 Å². The predicted molar refractivity (Wildman–Crippen MR) is 77.5 cm³/mol. The molecule has 0 bridgehead atoms. The topological polar surface area (TPSA) is 54.3 Å². The maximum Gasteiger partial charge on any atom is 0.244 e. The van der Waals surface area contributed by atoms with Crippen molar-refractivity contribution in [3.05, 3.63) is 18.0 Å². The van der Waals surface area contributed by atoms with Gasteiger partial charge in [-0.3, -0.25) is 0 Å². The molecule has 0 saturated heterocycles. The Hall–Kier alpha value is -0.850. The zero-order chi connectivity index (χ0) is 14.5. The van der Waals surface area contributed by atoms with E-state index in [0.29, 0.717) is 18.0 Å². The molecule has 1 aromatic heterocycles. The summed E-state index contributed by atoms with van der Waals surface area (Å²) < 4.78 is 27.9. The number of hydrogen-bond acceptors (Lipinski definition) is 3. The smallest absolute Gasteiger partial charge is 0.244 e. The SMILES string of the molecule is CCCNCc1cc(S(=O)(=O)N(C)CCC)cn1C. The summed E-state index contributed by atoms with van der Waals surface area (Å²) in [7, 11) is 0.154. The van der Waals surface area contributed by atoms with Crippen molar-refractivity contribution in [2.45, 2.75) is 38.1 Å². The standard InChI is InChI=1S/C13H25N3O2S/c1-5-7-14-10-12-9-13(11-15(12)3)19(17,18)16(4)8-6-2/h9,11,14H,5-8,10H2,1-4H3. The Morgan fingerprint density at radius 2 is 2.00 bits per heavy atom. The van der Waals surface area contributed by atoms with Gasteiger partial charge in [0, 0.05) is 39.1 Å². The molecule has 1 aromatic rings. The first-order chi connectivity index (χ1) is 8.93. The highest BCUT2D eigenvalue weighted by molar-refractivity contribution is 7.89. The predicted octanol–water partition coefficient (Wildman–Crippen LogP) is 1.56. The molecule has 0 radical (unpaired) electrons. The molecule has 0 spiro atoms. The third kappa shape index (κ3) is 4.06. The van der Waals surface area contributed by atoms with Gasteiger partial charge in [0.2, 0.25) is 10.0 Å². The van der Waals surface area contributed by atoms with Crippen LogP contribution in [-0.4, -0.2) is 37.4 Å². The lowest BCUT2D eigenvalue weighted by Gasteiger charge is -2.14. The fourth-order valence-electron chi connectivity index (χ4n) is 1.90. The van der Waals surface area contributed by atoms with E-state index in [4.69, 9.17) is 0 Å². The first kappa shape index (κ1) is 16.2. The van der Waals surface area contributed by atoms with Crippen molar-refractivity contribution in [2.24, 2.45) is 7.05 Å². The zero-order valence-corrected chi connectivity index (χ0v) is 13.1. The number of aryl methyl sites for hydroxylation is 1. The van der Waals surface area contributed by atoms with Crippen LogP contribution in [0.2, 0.25) is 0 Å². The third-order valence-electron chi connectivity index (χ3n) is 3.06. The quantitative estimate of drug-likeness (QED) is 0.738. The van der Waals surface area contributed by atoms with Gasteiger partial charge < -0.3 is 9.88 Å². The van der Waals surface area contributed by atoms with Crippen LogP contribution >= 0.6 is 0 Å². The van der Waals surface area contributed by atoms with Crippen molar-refractivity contribution in [1.29, 1.82) is 0 Å². The Balaban J connectivity index is 2.87. The van der Waals surface area contributed by atoms with Gasteiger partial charge in [-0.25, -0.2) is 12.7 Å². The molecule has 0 aromatic carbocycles. The van der Waals surface area contributed by atoms with Gasteiger partial charge in [0.05, 0.1) is 0 Å². The Morgan fingerprint density at radius 1 is 1.32 bits per heavy atom. The van der Waals surface area contributed by atoms with Crippen LogP contribution in [-0.2, 0) is 23.6 Å². The van der Waals surface area contributed by atoms with Crippen LogP contribution in [0.4, 0.5) is 0 Å². The van der Waals surface area contributed by atoms with Gasteiger partial charge in [-0.2, -0.15) is 0 Å².